The van der Waals surface area contributed by atoms with E-state index >= 15 is 0 Å². The van der Waals surface area contributed by atoms with Crippen LogP contribution in [0, 0.1) is 11.8 Å². The highest BCUT2D eigenvalue weighted by Gasteiger charge is 2.49. The van der Waals surface area contributed by atoms with Gasteiger partial charge in [0.05, 0.1) is 53.1 Å². The first-order valence-electron chi connectivity index (χ1n) is 42.3. The van der Waals surface area contributed by atoms with Crippen molar-refractivity contribution < 1.29 is 81.8 Å². The Labute approximate surface area is 735 Å². The van der Waals surface area contributed by atoms with Crippen LogP contribution < -0.4 is 9.80 Å². The van der Waals surface area contributed by atoms with Crippen molar-refractivity contribution in [3.8, 4) is 0 Å². The average molecular weight is 1780 g/mol. The number of thioether (sulfide) groups is 2. The summed E-state index contributed by atoms with van der Waals surface area (Å²) in [6, 6.07) is 50.0. The van der Waals surface area contributed by atoms with E-state index in [4.69, 9.17) is 19.1 Å². The molecule has 26 heteroatoms. The van der Waals surface area contributed by atoms with Crippen molar-refractivity contribution in [2.45, 2.75) is 149 Å². The molecule has 0 spiro atoms. The number of nitrogens with zero attached hydrogens (tertiary/aromatic N) is 4. The first kappa shape index (κ1) is 90.5. The smallest absolute Gasteiger partial charge is 0.309 e. The molecule has 0 saturated heterocycles. The summed E-state index contributed by atoms with van der Waals surface area (Å²) in [6.45, 7) is 23.0. The van der Waals surface area contributed by atoms with E-state index in [-0.39, 0.29) is 64.0 Å². The molecule has 4 N–H and O–H groups in total. The number of esters is 2. The molecule has 14 rings (SSSR count). The van der Waals surface area contributed by atoms with Crippen molar-refractivity contribution in [1.82, 2.24) is 0 Å². The fourth-order valence-corrected chi connectivity index (χ4v) is 23.9. The van der Waals surface area contributed by atoms with E-state index in [0.717, 1.165) is 149 Å². The summed E-state index contributed by atoms with van der Waals surface area (Å²) < 4.78 is 126. The highest BCUT2D eigenvalue weighted by Crippen LogP contribution is 2.55. The van der Waals surface area contributed by atoms with Crippen molar-refractivity contribution in [1.29, 1.82) is 0 Å². The monoisotopic (exact) mass is 1780 g/mol. The van der Waals surface area contributed by atoms with Crippen LogP contribution in [-0.4, -0.2) is 151 Å². The van der Waals surface area contributed by atoms with E-state index in [0.29, 0.717) is 62.3 Å². The summed E-state index contributed by atoms with van der Waals surface area (Å²) in [6.07, 6.45) is 20.3. The molecule has 8 aromatic rings. The molecular formula is C97H110N4O16S6+2. The number of rotatable bonds is 34. The van der Waals surface area contributed by atoms with Gasteiger partial charge in [-0.05, 0) is 211 Å². The van der Waals surface area contributed by atoms with E-state index in [1.165, 1.54) is 5.56 Å². The van der Waals surface area contributed by atoms with Crippen LogP contribution in [-0.2, 0) is 80.4 Å². The van der Waals surface area contributed by atoms with Crippen LogP contribution in [0.5, 0.6) is 0 Å². The summed E-state index contributed by atoms with van der Waals surface area (Å²) in [7, 11) is -12.9. The van der Waals surface area contributed by atoms with Gasteiger partial charge in [-0.1, -0.05) is 166 Å². The molecule has 6 aliphatic rings. The van der Waals surface area contributed by atoms with Gasteiger partial charge in [0.25, 0.3) is 30.4 Å². The summed E-state index contributed by atoms with van der Waals surface area (Å²) in [5.74, 6) is -1.44. The van der Waals surface area contributed by atoms with E-state index in [1.54, 1.807) is 30.4 Å². The van der Waals surface area contributed by atoms with Gasteiger partial charge in [0.15, 0.2) is 11.4 Å². The maximum absolute atomic E-state index is 14.7. The molecule has 2 aliphatic carbocycles. The second-order valence-electron chi connectivity index (χ2n) is 34.5. The number of carbonyl (C=O) groups is 2. The molecule has 20 nitrogen and oxygen atoms in total. The molecule has 4 aliphatic heterocycles. The van der Waals surface area contributed by atoms with Gasteiger partial charge < -0.3 is 19.3 Å². The third kappa shape index (κ3) is 19.3. The van der Waals surface area contributed by atoms with Crippen molar-refractivity contribution in [3.63, 3.8) is 0 Å². The Bertz CT molecular complexity index is 6210. The second-order valence-corrected chi connectivity index (χ2v) is 42.2. The number of carbonyl (C=O) groups excluding carboxylic acids is 2. The third-order valence-electron chi connectivity index (χ3n) is 24.9. The van der Waals surface area contributed by atoms with Crippen molar-refractivity contribution in [3.05, 3.63) is 260 Å². The lowest BCUT2D eigenvalue weighted by atomic mass is 9.78. The highest BCUT2D eigenvalue weighted by atomic mass is 32.2. The van der Waals surface area contributed by atoms with Gasteiger partial charge in [0, 0.05) is 123 Å². The Hall–Kier alpha value is -8.74. The zero-order valence-electron chi connectivity index (χ0n) is 71.4. The van der Waals surface area contributed by atoms with E-state index in [9.17, 15) is 48.5 Å². The largest absolute Gasteiger partial charge is 0.466 e. The molecule has 4 heterocycles. The van der Waals surface area contributed by atoms with Gasteiger partial charge in [-0.25, -0.2) is 5.26 Å². The summed E-state index contributed by atoms with van der Waals surface area (Å²) >= 11 is 4.45. The van der Waals surface area contributed by atoms with Crippen molar-refractivity contribution >= 4 is 155 Å². The molecule has 648 valence electrons. The lowest BCUT2D eigenvalue weighted by Crippen LogP contribution is -2.29. The topological polar surface area (TPSA) is 267 Å². The molecule has 0 radical (unpaired) electrons. The van der Waals surface area contributed by atoms with Crippen molar-refractivity contribution in [2.75, 3.05) is 83.7 Å². The first-order valence-corrected chi connectivity index (χ1v) is 50.0. The lowest BCUT2D eigenvalue weighted by Gasteiger charge is -2.29. The highest BCUT2D eigenvalue weighted by molar-refractivity contribution is 8.04. The average Bonchev–Trinajstić information content (AvgIpc) is 1.59. The Morgan fingerprint density at radius 2 is 0.805 bits per heavy atom. The molecule has 0 amide bonds. The minimum absolute atomic E-state index is 0.138. The molecular weight excluding hydrogens is 1670 g/mol. The number of ether oxygens (including phenoxy) is 2. The summed E-state index contributed by atoms with van der Waals surface area (Å²) in [5, 5.41) is 21.6. The molecule has 0 fully saturated rings. The third-order valence-corrected chi connectivity index (χ3v) is 30.5. The van der Waals surface area contributed by atoms with Crippen LogP contribution in [0.2, 0.25) is 0 Å². The Balaban J connectivity index is 0.909. The number of hydrogen-bond acceptors (Lipinski definition) is 18. The van der Waals surface area contributed by atoms with Crippen molar-refractivity contribution in [2.24, 2.45) is 11.8 Å². The van der Waals surface area contributed by atoms with Gasteiger partial charge in [-0.3, -0.25) is 23.2 Å². The van der Waals surface area contributed by atoms with Gasteiger partial charge in [-0.15, -0.1) is 27.9 Å². The van der Waals surface area contributed by atoms with E-state index < -0.39 is 81.1 Å². The van der Waals surface area contributed by atoms with Crippen LogP contribution >= 0.6 is 35.6 Å². The molecule has 2 atom stereocenters. The normalized spacial score (nSPS) is 20.1. The quantitative estimate of drug-likeness (QED) is 0.00555. The Morgan fingerprint density at radius 3 is 1.19 bits per heavy atom. The maximum Gasteiger partial charge on any atom is 0.309 e. The van der Waals surface area contributed by atoms with Gasteiger partial charge in [0.1, 0.15) is 13.1 Å². The summed E-state index contributed by atoms with van der Waals surface area (Å²) in [5.41, 5.74) is 13.2. The minimum Gasteiger partial charge on any atom is -0.466 e. The van der Waals surface area contributed by atoms with E-state index in [1.807, 2.05) is 49.4 Å². The Morgan fingerprint density at radius 1 is 0.439 bits per heavy atom. The van der Waals surface area contributed by atoms with Crippen LogP contribution in [0.1, 0.15) is 149 Å². The number of benzene rings is 8. The predicted octanol–water partition coefficient (Wildman–Crippen LogP) is 20.7. The zero-order valence-corrected chi connectivity index (χ0v) is 76.3. The fraction of sp³-hybridized carbons (Fsp3) is 0.381. The van der Waals surface area contributed by atoms with Crippen LogP contribution in [0.25, 0.3) is 43.1 Å². The SMILES string of the molecule is CCOC(=O)C1CC(/C=C/C2=[N+](CCCS(=O)(=O)O)c3ccc4ccccc4c3C2(C)C)=C(SCCCSC2=C(/C=C/C3=[N+](CCCS(=O)(=O)O)c4ccc5ccccc5c4C3(C)C)CC(C(=O)OCC)C/C2=C\C=C2\N(CCCS(=O)(=O)O)c3ccc4ccccc4c3C2(C)C)C(=C/C=C2/N(CCCSOOO)c3ccc4ccccc4c3C2(C)C)/C1. The maximum atomic E-state index is 14.7. The standard InChI is InChI=1S/C97H108N4O16S6/c1-11-114-92(102)72-60-68(38-46-82-94(3,4)86-74-30-17-13-26-64(74)34-42-78(86)98(82)50-21-56-120-117-116-104)90(69(61-72)39-47-83-95(5,6)87-75-31-18-14-27-65(75)35-43-79(87)99(83)51-22-57-121(105,106)107)118-54-25-55-119-91-70(40-48-84-96(7,8)88-76-32-19-15-28-66(76)36-44-80(88)100(84)52-23-58-122(108,109)110)62-73(93(103)115-12-2)63-71(91)41-49-85-97(9,10)89-77-33-20-16-29-67(77)37-45-81(89)101(85)53-24-59-123(111,112)113/h13-20,26-49,72-73H,11-12,21-25,50-63H2,1-10H3,(H2-2,104,105,106,107,108,109,110,111,112,113)/p+2. The molecule has 0 aromatic heterocycles. The van der Waals surface area contributed by atoms with Crippen LogP contribution in [0.15, 0.2) is 238 Å². The Kier molecular flexibility index (Phi) is 27.5. The zero-order chi connectivity index (χ0) is 87.6. The van der Waals surface area contributed by atoms with Crippen LogP contribution in [0.3, 0.4) is 0 Å². The predicted molar refractivity (Wildman–Crippen MR) is 500 cm³/mol. The van der Waals surface area contributed by atoms with Crippen LogP contribution in [0.4, 0.5) is 22.7 Å². The molecule has 8 aromatic carbocycles. The number of allylic oxidation sites excluding steroid dienone is 14. The molecule has 0 saturated carbocycles. The number of hydrogen-bond donors (Lipinski definition) is 4. The number of fused-ring (bicyclic) bond motifs is 12. The van der Waals surface area contributed by atoms with Gasteiger partial charge in [-0.2, -0.15) is 34.4 Å². The first-order chi connectivity index (χ1) is 58.6. The molecule has 2 unspecified atom stereocenters. The second kappa shape index (κ2) is 37.4. The number of anilines is 2. The van der Waals surface area contributed by atoms with Gasteiger partial charge >= 0.3 is 11.9 Å². The summed E-state index contributed by atoms with van der Waals surface area (Å²) in [4.78, 5) is 35.9. The van der Waals surface area contributed by atoms with E-state index in [2.05, 4.69) is 231 Å². The van der Waals surface area contributed by atoms with Gasteiger partial charge in [0.2, 0.25) is 11.4 Å². The molecule has 123 heavy (non-hydrogen) atoms. The minimum atomic E-state index is -4.31. The fourth-order valence-electron chi connectivity index (χ4n) is 19.6. The lowest BCUT2D eigenvalue weighted by molar-refractivity contribution is -0.437. The molecule has 0 bridgehead atoms.